The highest BCUT2D eigenvalue weighted by atomic mass is 32.2. The number of nitrogens with zero attached hydrogens (tertiary/aromatic N) is 1. The maximum Gasteiger partial charge on any atom is 0.266 e. The van der Waals surface area contributed by atoms with E-state index in [2.05, 4.69) is 0 Å². The molecule has 2 heterocycles. The van der Waals surface area contributed by atoms with Crippen molar-refractivity contribution in [2.24, 2.45) is 0 Å². The average molecular weight is 333 g/mol. The van der Waals surface area contributed by atoms with Gasteiger partial charge in [0.05, 0.1) is 4.91 Å². The lowest BCUT2D eigenvalue weighted by Gasteiger charge is -2.09. The minimum atomic E-state index is -0.293. The molecule has 0 unspecified atom stereocenters. The van der Waals surface area contributed by atoms with Gasteiger partial charge in [-0.3, -0.25) is 9.69 Å². The summed E-state index contributed by atoms with van der Waals surface area (Å²) in [5, 5.41) is 0. The average Bonchev–Trinajstić information content (AvgIpc) is 3.06. The Bertz CT molecular complexity index is 765. The number of amides is 1. The number of furan rings is 1. The Hall–Kier alpha value is -1.92. The number of rotatable bonds is 3. The number of hydrogen-bond donors (Lipinski definition) is 0. The summed E-state index contributed by atoms with van der Waals surface area (Å²) in [4.78, 5) is 14.2. The highest BCUT2D eigenvalue weighted by Gasteiger charge is 2.30. The quantitative estimate of drug-likeness (QED) is 0.619. The molecule has 0 saturated carbocycles. The van der Waals surface area contributed by atoms with Crippen LogP contribution in [0.5, 0.6) is 0 Å². The molecule has 6 heteroatoms. The van der Waals surface area contributed by atoms with Crippen LogP contribution >= 0.6 is 24.0 Å². The van der Waals surface area contributed by atoms with Crippen LogP contribution in [0.2, 0.25) is 0 Å². The molecular weight excluding hydrogens is 321 g/mol. The minimum absolute atomic E-state index is 0.0998. The second-order valence-corrected chi connectivity index (χ2v) is 6.31. The first kappa shape index (κ1) is 15.0. The van der Waals surface area contributed by atoms with Crippen molar-refractivity contribution < 1.29 is 13.6 Å². The van der Waals surface area contributed by atoms with Gasteiger partial charge in [-0.15, -0.1) is 0 Å². The standard InChI is InChI=1S/C16H12FNO2S2/c1-2-18-15(19)14(22-16(18)21)9-12-7-8-13(20-12)10-3-5-11(17)6-4-10/h3-9H,2H2,1H3/b14-9+. The molecular formula is C16H12FNO2S2. The van der Waals surface area contributed by atoms with E-state index in [9.17, 15) is 9.18 Å². The minimum Gasteiger partial charge on any atom is -0.457 e. The fourth-order valence-corrected chi connectivity index (χ4v) is 3.47. The molecule has 1 aliphatic heterocycles. The summed E-state index contributed by atoms with van der Waals surface area (Å²) in [6.45, 7) is 2.44. The Morgan fingerprint density at radius 3 is 2.64 bits per heavy atom. The second-order valence-electron chi connectivity index (χ2n) is 4.63. The lowest BCUT2D eigenvalue weighted by atomic mass is 10.2. The smallest absolute Gasteiger partial charge is 0.266 e. The molecule has 0 N–H and O–H groups in total. The van der Waals surface area contributed by atoms with Crippen molar-refractivity contribution in [2.45, 2.75) is 6.92 Å². The third-order valence-corrected chi connectivity index (χ3v) is 4.60. The number of thiocarbonyl (C=S) groups is 1. The number of hydrogen-bond acceptors (Lipinski definition) is 4. The van der Waals surface area contributed by atoms with E-state index in [0.29, 0.717) is 27.3 Å². The Balaban J connectivity index is 1.86. The van der Waals surface area contributed by atoms with Gasteiger partial charge in [-0.05, 0) is 43.3 Å². The number of carbonyl (C=O) groups is 1. The Kier molecular flexibility index (Phi) is 4.13. The highest BCUT2D eigenvalue weighted by Crippen LogP contribution is 2.33. The molecule has 1 aromatic carbocycles. The van der Waals surface area contributed by atoms with Gasteiger partial charge in [-0.25, -0.2) is 4.39 Å². The van der Waals surface area contributed by atoms with Crippen LogP contribution < -0.4 is 0 Å². The van der Waals surface area contributed by atoms with Gasteiger partial charge in [0.1, 0.15) is 21.7 Å². The summed E-state index contributed by atoms with van der Waals surface area (Å²) < 4.78 is 19.2. The molecule has 22 heavy (non-hydrogen) atoms. The molecule has 112 valence electrons. The topological polar surface area (TPSA) is 33.5 Å². The summed E-state index contributed by atoms with van der Waals surface area (Å²) in [5.41, 5.74) is 0.780. The number of thioether (sulfide) groups is 1. The van der Waals surface area contributed by atoms with Crippen molar-refractivity contribution in [3.8, 4) is 11.3 Å². The maximum atomic E-state index is 12.9. The highest BCUT2D eigenvalue weighted by molar-refractivity contribution is 8.26. The van der Waals surface area contributed by atoms with E-state index >= 15 is 0 Å². The Morgan fingerprint density at radius 1 is 1.27 bits per heavy atom. The predicted octanol–water partition coefficient (Wildman–Crippen LogP) is 4.31. The molecule has 0 aliphatic carbocycles. The Morgan fingerprint density at radius 2 is 2.00 bits per heavy atom. The zero-order valence-corrected chi connectivity index (χ0v) is 13.3. The van der Waals surface area contributed by atoms with Crippen LogP contribution in [-0.2, 0) is 4.79 Å². The third-order valence-electron chi connectivity index (χ3n) is 3.22. The van der Waals surface area contributed by atoms with Gasteiger partial charge in [0.15, 0.2) is 0 Å². The predicted molar refractivity (Wildman–Crippen MR) is 89.7 cm³/mol. The molecule has 3 rings (SSSR count). The molecule has 2 aromatic rings. The van der Waals surface area contributed by atoms with Gasteiger partial charge in [0, 0.05) is 18.2 Å². The lowest BCUT2D eigenvalue weighted by molar-refractivity contribution is -0.121. The second kappa shape index (κ2) is 6.06. The molecule has 1 saturated heterocycles. The molecule has 1 aromatic heterocycles. The largest absolute Gasteiger partial charge is 0.457 e. The Labute approximate surface area is 136 Å². The molecule has 0 spiro atoms. The first-order valence-corrected chi connectivity index (χ1v) is 7.92. The van der Waals surface area contributed by atoms with Gasteiger partial charge >= 0.3 is 0 Å². The van der Waals surface area contributed by atoms with Crippen LogP contribution in [0.1, 0.15) is 12.7 Å². The summed E-state index contributed by atoms with van der Waals surface area (Å²) in [7, 11) is 0. The summed E-state index contributed by atoms with van der Waals surface area (Å²) in [5.74, 6) is 0.796. The maximum absolute atomic E-state index is 12.9. The van der Waals surface area contributed by atoms with Gasteiger partial charge < -0.3 is 4.42 Å². The zero-order chi connectivity index (χ0) is 15.7. The summed E-state index contributed by atoms with van der Waals surface area (Å²) >= 11 is 6.43. The van der Waals surface area contributed by atoms with Gasteiger partial charge in [0.2, 0.25) is 0 Å². The fourth-order valence-electron chi connectivity index (χ4n) is 2.10. The van der Waals surface area contributed by atoms with Crippen molar-refractivity contribution in [3.05, 3.63) is 52.9 Å². The monoisotopic (exact) mass is 333 g/mol. The van der Waals surface area contributed by atoms with Crippen LogP contribution in [0.15, 0.2) is 45.7 Å². The number of likely N-dealkylation sites (N-methyl/N-ethyl adjacent to an activating group) is 1. The van der Waals surface area contributed by atoms with E-state index in [-0.39, 0.29) is 11.7 Å². The van der Waals surface area contributed by atoms with Crippen molar-refractivity contribution in [1.29, 1.82) is 0 Å². The molecule has 0 bridgehead atoms. The summed E-state index contributed by atoms with van der Waals surface area (Å²) in [6, 6.07) is 9.62. The first-order chi connectivity index (χ1) is 10.6. The van der Waals surface area contributed by atoms with Crippen molar-refractivity contribution in [1.82, 2.24) is 4.90 Å². The normalized spacial score (nSPS) is 16.8. The van der Waals surface area contributed by atoms with Crippen LogP contribution in [0, 0.1) is 5.82 Å². The third kappa shape index (κ3) is 2.84. The van der Waals surface area contributed by atoms with Gasteiger partial charge in [-0.1, -0.05) is 24.0 Å². The van der Waals surface area contributed by atoms with Crippen LogP contribution in [0.25, 0.3) is 17.4 Å². The van der Waals surface area contributed by atoms with E-state index < -0.39 is 0 Å². The van der Waals surface area contributed by atoms with E-state index in [1.54, 1.807) is 35.2 Å². The molecule has 1 aliphatic rings. The lowest BCUT2D eigenvalue weighted by Crippen LogP contribution is -2.27. The number of carbonyl (C=O) groups excluding carboxylic acids is 1. The van der Waals surface area contributed by atoms with Crippen molar-refractivity contribution in [3.63, 3.8) is 0 Å². The van der Waals surface area contributed by atoms with E-state index in [4.69, 9.17) is 16.6 Å². The van der Waals surface area contributed by atoms with Crippen molar-refractivity contribution in [2.75, 3.05) is 6.54 Å². The van der Waals surface area contributed by atoms with Crippen LogP contribution in [0.3, 0.4) is 0 Å². The number of halogens is 1. The van der Waals surface area contributed by atoms with E-state index in [0.717, 1.165) is 5.56 Å². The molecule has 0 atom stereocenters. The first-order valence-electron chi connectivity index (χ1n) is 6.69. The van der Waals surface area contributed by atoms with Gasteiger partial charge in [-0.2, -0.15) is 0 Å². The SMILES string of the molecule is CCN1C(=O)/C(=C\c2ccc(-c3ccc(F)cc3)o2)SC1=S. The molecule has 1 amide bonds. The molecule has 0 radical (unpaired) electrons. The van der Waals surface area contributed by atoms with E-state index in [1.165, 1.54) is 23.9 Å². The van der Waals surface area contributed by atoms with Crippen LogP contribution in [-0.4, -0.2) is 21.7 Å². The number of benzene rings is 1. The fraction of sp³-hybridized carbons (Fsp3) is 0.125. The van der Waals surface area contributed by atoms with Crippen molar-refractivity contribution >= 4 is 40.3 Å². The summed E-state index contributed by atoms with van der Waals surface area (Å²) in [6.07, 6.45) is 1.68. The molecule has 3 nitrogen and oxygen atoms in total. The van der Waals surface area contributed by atoms with Crippen LogP contribution in [0.4, 0.5) is 4.39 Å². The zero-order valence-electron chi connectivity index (χ0n) is 11.7. The molecule has 1 fully saturated rings. The van der Waals surface area contributed by atoms with Gasteiger partial charge in [0.25, 0.3) is 5.91 Å². The van der Waals surface area contributed by atoms with E-state index in [1.807, 2.05) is 6.92 Å².